The fraction of sp³-hybridized carbons (Fsp3) is 0.222. The lowest BCUT2D eigenvalue weighted by molar-refractivity contribution is 0.102. The number of hydrogen-bond donors (Lipinski definition) is 1. The Labute approximate surface area is 125 Å². The number of aryl methyl sites for hydroxylation is 1. The largest absolute Gasteiger partial charge is 0.322 e. The SMILES string of the molecule is CCCCc1ccc(C(=O)Nc2cccc(C=O)c2)cc1. The summed E-state index contributed by atoms with van der Waals surface area (Å²) in [5.41, 5.74) is 3.03. The van der Waals surface area contributed by atoms with E-state index in [4.69, 9.17) is 0 Å². The summed E-state index contributed by atoms with van der Waals surface area (Å²) in [6.45, 7) is 2.16. The summed E-state index contributed by atoms with van der Waals surface area (Å²) >= 11 is 0. The van der Waals surface area contributed by atoms with Crippen molar-refractivity contribution in [1.82, 2.24) is 0 Å². The van der Waals surface area contributed by atoms with E-state index in [1.807, 2.05) is 24.3 Å². The van der Waals surface area contributed by atoms with Crippen molar-refractivity contribution in [3.05, 3.63) is 65.2 Å². The minimum atomic E-state index is -0.167. The molecule has 2 rings (SSSR count). The molecule has 0 atom stereocenters. The van der Waals surface area contributed by atoms with Crippen LogP contribution in [-0.4, -0.2) is 12.2 Å². The molecule has 0 bridgehead atoms. The smallest absolute Gasteiger partial charge is 0.255 e. The van der Waals surface area contributed by atoms with Crippen LogP contribution in [0.1, 0.15) is 46.0 Å². The van der Waals surface area contributed by atoms with E-state index < -0.39 is 0 Å². The summed E-state index contributed by atoms with van der Waals surface area (Å²) < 4.78 is 0. The highest BCUT2D eigenvalue weighted by molar-refractivity contribution is 6.04. The molecule has 0 heterocycles. The average molecular weight is 281 g/mol. The Morgan fingerprint density at radius 2 is 1.90 bits per heavy atom. The number of carbonyl (C=O) groups excluding carboxylic acids is 2. The van der Waals surface area contributed by atoms with E-state index in [9.17, 15) is 9.59 Å². The molecule has 0 aromatic heterocycles. The molecule has 21 heavy (non-hydrogen) atoms. The number of hydrogen-bond acceptors (Lipinski definition) is 2. The first kappa shape index (κ1) is 15.0. The minimum Gasteiger partial charge on any atom is -0.322 e. The van der Waals surface area contributed by atoms with Crippen LogP contribution in [0.3, 0.4) is 0 Å². The first-order valence-electron chi connectivity index (χ1n) is 7.18. The van der Waals surface area contributed by atoms with Crippen molar-refractivity contribution in [3.63, 3.8) is 0 Å². The fourth-order valence-electron chi connectivity index (χ4n) is 2.10. The summed E-state index contributed by atoms with van der Waals surface area (Å²) in [6.07, 6.45) is 4.12. The van der Waals surface area contributed by atoms with Crippen molar-refractivity contribution in [2.45, 2.75) is 26.2 Å². The predicted molar refractivity (Wildman–Crippen MR) is 84.8 cm³/mol. The van der Waals surface area contributed by atoms with Gasteiger partial charge in [0, 0.05) is 16.8 Å². The topological polar surface area (TPSA) is 46.2 Å². The van der Waals surface area contributed by atoms with Gasteiger partial charge >= 0.3 is 0 Å². The van der Waals surface area contributed by atoms with Crippen LogP contribution in [0.2, 0.25) is 0 Å². The maximum atomic E-state index is 12.1. The second-order valence-corrected chi connectivity index (χ2v) is 5.00. The lowest BCUT2D eigenvalue weighted by Crippen LogP contribution is -2.12. The molecule has 108 valence electrons. The van der Waals surface area contributed by atoms with Crippen molar-refractivity contribution in [2.24, 2.45) is 0 Å². The van der Waals surface area contributed by atoms with Crippen LogP contribution in [0.25, 0.3) is 0 Å². The maximum absolute atomic E-state index is 12.1. The first-order chi connectivity index (χ1) is 10.2. The quantitative estimate of drug-likeness (QED) is 0.810. The molecule has 3 nitrogen and oxygen atoms in total. The van der Waals surface area contributed by atoms with Gasteiger partial charge in [0.25, 0.3) is 5.91 Å². The van der Waals surface area contributed by atoms with Crippen LogP contribution in [0, 0.1) is 0 Å². The van der Waals surface area contributed by atoms with Gasteiger partial charge in [-0.05, 0) is 42.7 Å². The summed E-state index contributed by atoms with van der Waals surface area (Å²) in [6, 6.07) is 14.5. The van der Waals surface area contributed by atoms with Gasteiger partial charge in [-0.3, -0.25) is 9.59 Å². The molecule has 0 spiro atoms. The Hall–Kier alpha value is -2.42. The third-order valence-electron chi connectivity index (χ3n) is 3.32. The maximum Gasteiger partial charge on any atom is 0.255 e. The van der Waals surface area contributed by atoms with Crippen LogP contribution in [0.5, 0.6) is 0 Å². The molecule has 0 radical (unpaired) electrons. The zero-order valence-corrected chi connectivity index (χ0v) is 12.1. The summed E-state index contributed by atoms with van der Waals surface area (Å²) in [4.78, 5) is 22.9. The number of rotatable bonds is 6. The van der Waals surface area contributed by atoms with Crippen LogP contribution in [0.15, 0.2) is 48.5 Å². The molecule has 0 aliphatic rings. The highest BCUT2D eigenvalue weighted by Crippen LogP contribution is 2.13. The number of carbonyl (C=O) groups is 2. The number of unbranched alkanes of at least 4 members (excludes halogenated alkanes) is 1. The van der Waals surface area contributed by atoms with Gasteiger partial charge in [-0.2, -0.15) is 0 Å². The van der Waals surface area contributed by atoms with Crippen molar-refractivity contribution in [3.8, 4) is 0 Å². The lowest BCUT2D eigenvalue weighted by atomic mass is 10.1. The third kappa shape index (κ3) is 4.28. The highest BCUT2D eigenvalue weighted by atomic mass is 16.1. The van der Waals surface area contributed by atoms with Gasteiger partial charge in [0.2, 0.25) is 0 Å². The van der Waals surface area contributed by atoms with E-state index in [0.29, 0.717) is 16.8 Å². The molecular formula is C18H19NO2. The van der Waals surface area contributed by atoms with Gasteiger partial charge in [-0.25, -0.2) is 0 Å². The normalized spacial score (nSPS) is 10.1. The average Bonchev–Trinajstić information content (AvgIpc) is 2.53. The molecule has 0 aliphatic carbocycles. The van der Waals surface area contributed by atoms with Crippen molar-refractivity contribution >= 4 is 17.9 Å². The Balaban J connectivity index is 2.04. The van der Waals surface area contributed by atoms with Gasteiger partial charge in [-0.1, -0.05) is 37.6 Å². The van der Waals surface area contributed by atoms with Crippen LogP contribution in [-0.2, 0) is 6.42 Å². The third-order valence-corrected chi connectivity index (χ3v) is 3.32. The Morgan fingerprint density at radius 1 is 1.14 bits per heavy atom. The standard InChI is InChI=1S/C18H19NO2/c1-2-3-5-14-8-10-16(11-9-14)18(21)19-17-7-4-6-15(12-17)13-20/h4,6-13H,2-3,5H2,1H3,(H,19,21). The molecule has 0 fully saturated rings. The number of amides is 1. The second kappa shape index (κ2) is 7.39. The number of nitrogens with one attached hydrogen (secondary N) is 1. The Kier molecular flexibility index (Phi) is 5.27. The van der Waals surface area contributed by atoms with Crippen LogP contribution in [0.4, 0.5) is 5.69 Å². The van der Waals surface area contributed by atoms with Crippen molar-refractivity contribution < 1.29 is 9.59 Å². The van der Waals surface area contributed by atoms with Crippen LogP contribution < -0.4 is 5.32 Å². The fourth-order valence-corrected chi connectivity index (χ4v) is 2.10. The molecule has 1 amide bonds. The van der Waals surface area contributed by atoms with Gasteiger partial charge in [0.05, 0.1) is 0 Å². The van der Waals surface area contributed by atoms with Crippen LogP contribution >= 0.6 is 0 Å². The van der Waals surface area contributed by atoms with Crippen molar-refractivity contribution in [2.75, 3.05) is 5.32 Å². The predicted octanol–water partition coefficient (Wildman–Crippen LogP) is 4.09. The van der Waals surface area contributed by atoms with Gasteiger partial charge < -0.3 is 5.32 Å². The van der Waals surface area contributed by atoms with E-state index in [1.165, 1.54) is 5.56 Å². The molecule has 2 aromatic carbocycles. The van der Waals surface area contributed by atoms with Gasteiger partial charge in [0.15, 0.2) is 0 Å². The minimum absolute atomic E-state index is 0.167. The van der Waals surface area contributed by atoms with Gasteiger partial charge in [-0.15, -0.1) is 0 Å². The first-order valence-corrected chi connectivity index (χ1v) is 7.18. The summed E-state index contributed by atoms with van der Waals surface area (Å²) in [5.74, 6) is -0.167. The summed E-state index contributed by atoms with van der Waals surface area (Å²) in [7, 11) is 0. The molecule has 0 unspecified atom stereocenters. The highest BCUT2D eigenvalue weighted by Gasteiger charge is 2.06. The van der Waals surface area contributed by atoms with E-state index in [1.54, 1.807) is 24.3 Å². The molecule has 1 N–H and O–H groups in total. The number of anilines is 1. The molecular weight excluding hydrogens is 262 g/mol. The van der Waals surface area contributed by atoms with E-state index in [-0.39, 0.29) is 5.91 Å². The molecule has 0 saturated carbocycles. The second-order valence-electron chi connectivity index (χ2n) is 5.00. The zero-order chi connectivity index (χ0) is 15.1. The lowest BCUT2D eigenvalue weighted by Gasteiger charge is -2.06. The van der Waals surface area contributed by atoms with Gasteiger partial charge in [0.1, 0.15) is 6.29 Å². The molecule has 2 aromatic rings. The monoisotopic (exact) mass is 281 g/mol. The Bertz CT molecular complexity index is 617. The summed E-state index contributed by atoms with van der Waals surface area (Å²) in [5, 5.41) is 2.80. The van der Waals surface area contributed by atoms with E-state index in [0.717, 1.165) is 25.5 Å². The van der Waals surface area contributed by atoms with Crippen molar-refractivity contribution in [1.29, 1.82) is 0 Å². The Morgan fingerprint density at radius 3 is 2.57 bits per heavy atom. The van der Waals surface area contributed by atoms with E-state index in [2.05, 4.69) is 12.2 Å². The zero-order valence-electron chi connectivity index (χ0n) is 12.1. The number of benzene rings is 2. The molecule has 0 saturated heterocycles. The molecule has 3 heteroatoms. The number of aldehydes is 1. The van der Waals surface area contributed by atoms with E-state index >= 15 is 0 Å². The molecule has 0 aliphatic heterocycles.